The maximum Gasteiger partial charge on any atom is 0.0331 e. The van der Waals surface area contributed by atoms with Crippen molar-refractivity contribution in [3.63, 3.8) is 0 Å². The van der Waals surface area contributed by atoms with Crippen LogP contribution in [0.4, 0.5) is 0 Å². The fourth-order valence-corrected chi connectivity index (χ4v) is 5.90. The van der Waals surface area contributed by atoms with E-state index in [1.807, 2.05) is 0 Å². The second-order valence-corrected chi connectivity index (χ2v) is 7.82. The van der Waals surface area contributed by atoms with Crippen LogP contribution in [-0.4, -0.2) is 0 Å². The number of aryl methyl sites for hydroxylation is 1. The smallest absolute Gasteiger partial charge is 0.0331 e. The lowest BCUT2D eigenvalue weighted by Gasteiger charge is -2.56. The van der Waals surface area contributed by atoms with Gasteiger partial charge in [-0.2, -0.15) is 0 Å². The molecule has 4 aliphatic rings. The zero-order valence-corrected chi connectivity index (χ0v) is 12.8. The molecule has 0 radical (unpaired) electrons. The molecule has 1 nitrogen and oxygen atoms in total. The number of benzene rings is 1. The van der Waals surface area contributed by atoms with Crippen molar-refractivity contribution in [1.82, 2.24) is 0 Å². The Labute approximate surface area is 122 Å². The van der Waals surface area contributed by atoms with Gasteiger partial charge in [0.2, 0.25) is 0 Å². The summed E-state index contributed by atoms with van der Waals surface area (Å²) in [7, 11) is 0. The van der Waals surface area contributed by atoms with Crippen molar-refractivity contribution < 1.29 is 0 Å². The standard InChI is InChI=1S/C19H27N/c1-11-4-3-5-17(12(11)2)19(20)18-15-7-13-6-14(9-15)10-16(18)8-13/h3-5,13-16,18-19H,6-10,20H2,1-2H3. The highest BCUT2D eigenvalue weighted by molar-refractivity contribution is 5.36. The second-order valence-electron chi connectivity index (χ2n) is 7.82. The van der Waals surface area contributed by atoms with E-state index in [0.29, 0.717) is 0 Å². The van der Waals surface area contributed by atoms with Gasteiger partial charge in [0.05, 0.1) is 0 Å². The molecular formula is C19H27N. The lowest BCUT2D eigenvalue weighted by molar-refractivity contribution is -0.0472. The van der Waals surface area contributed by atoms with Gasteiger partial charge in [-0.3, -0.25) is 0 Å². The Morgan fingerprint density at radius 2 is 1.55 bits per heavy atom. The van der Waals surface area contributed by atoms with E-state index < -0.39 is 0 Å². The summed E-state index contributed by atoms with van der Waals surface area (Å²) < 4.78 is 0. The third kappa shape index (κ3) is 1.86. The molecule has 4 fully saturated rings. The summed E-state index contributed by atoms with van der Waals surface area (Å²) in [5.41, 5.74) is 11.0. The van der Waals surface area contributed by atoms with Crippen LogP contribution in [0.25, 0.3) is 0 Å². The van der Waals surface area contributed by atoms with Crippen molar-refractivity contribution in [3.8, 4) is 0 Å². The fourth-order valence-electron chi connectivity index (χ4n) is 5.90. The molecule has 1 unspecified atom stereocenters. The third-order valence-corrected chi connectivity index (χ3v) is 6.72. The Balaban J connectivity index is 1.65. The van der Waals surface area contributed by atoms with Gasteiger partial charge in [0.1, 0.15) is 0 Å². The van der Waals surface area contributed by atoms with Gasteiger partial charge < -0.3 is 5.73 Å². The summed E-state index contributed by atoms with van der Waals surface area (Å²) in [6, 6.07) is 6.94. The van der Waals surface area contributed by atoms with Crippen LogP contribution in [0.15, 0.2) is 18.2 Å². The Hall–Kier alpha value is -0.820. The molecule has 0 amide bonds. The van der Waals surface area contributed by atoms with E-state index in [9.17, 15) is 0 Å². The van der Waals surface area contributed by atoms with Crippen molar-refractivity contribution in [3.05, 3.63) is 34.9 Å². The van der Waals surface area contributed by atoms with Gasteiger partial charge in [-0.1, -0.05) is 18.2 Å². The maximum absolute atomic E-state index is 6.79. The van der Waals surface area contributed by atoms with Gasteiger partial charge in [-0.05, 0) is 92.2 Å². The first-order valence-electron chi connectivity index (χ1n) is 8.45. The average Bonchev–Trinajstić information content (AvgIpc) is 2.40. The van der Waals surface area contributed by atoms with Gasteiger partial charge in [0.25, 0.3) is 0 Å². The first-order valence-corrected chi connectivity index (χ1v) is 8.45. The zero-order chi connectivity index (χ0) is 13.9. The van der Waals surface area contributed by atoms with E-state index in [0.717, 1.165) is 29.6 Å². The van der Waals surface area contributed by atoms with Gasteiger partial charge in [-0.25, -0.2) is 0 Å². The minimum absolute atomic E-state index is 0.268. The van der Waals surface area contributed by atoms with Crippen LogP contribution in [0, 0.1) is 43.4 Å². The summed E-state index contributed by atoms with van der Waals surface area (Å²) >= 11 is 0. The topological polar surface area (TPSA) is 26.0 Å². The molecule has 2 N–H and O–H groups in total. The van der Waals surface area contributed by atoms with Crippen molar-refractivity contribution in [2.45, 2.75) is 52.0 Å². The molecule has 4 aliphatic carbocycles. The third-order valence-electron chi connectivity index (χ3n) is 6.72. The molecule has 4 bridgehead atoms. The number of hydrogen-bond acceptors (Lipinski definition) is 1. The number of nitrogens with two attached hydrogens (primary N) is 1. The maximum atomic E-state index is 6.79. The fraction of sp³-hybridized carbons (Fsp3) is 0.684. The van der Waals surface area contributed by atoms with Crippen LogP contribution in [0.5, 0.6) is 0 Å². The predicted octanol–water partition coefficient (Wildman–Crippen LogP) is 4.38. The van der Waals surface area contributed by atoms with Crippen molar-refractivity contribution >= 4 is 0 Å². The second kappa shape index (κ2) is 4.59. The quantitative estimate of drug-likeness (QED) is 0.847. The molecule has 1 aromatic rings. The first kappa shape index (κ1) is 12.9. The average molecular weight is 269 g/mol. The van der Waals surface area contributed by atoms with E-state index in [1.165, 1.54) is 48.8 Å². The van der Waals surface area contributed by atoms with E-state index in [4.69, 9.17) is 5.73 Å². The molecule has 4 saturated carbocycles. The molecule has 0 saturated heterocycles. The van der Waals surface area contributed by atoms with Crippen molar-refractivity contribution in [1.29, 1.82) is 0 Å². The lowest BCUT2D eigenvalue weighted by Crippen LogP contribution is -2.48. The monoisotopic (exact) mass is 269 g/mol. The molecule has 1 aromatic carbocycles. The lowest BCUT2D eigenvalue weighted by atomic mass is 9.50. The van der Waals surface area contributed by atoms with E-state index in [2.05, 4.69) is 32.0 Å². The predicted molar refractivity (Wildman–Crippen MR) is 83.4 cm³/mol. The highest BCUT2D eigenvalue weighted by Gasteiger charge is 2.50. The van der Waals surface area contributed by atoms with E-state index in [-0.39, 0.29) is 6.04 Å². The SMILES string of the molecule is Cc1cccc(C(N)C2C3CC4CC(C3)CC2C4)c1C. The molecule has 0 spiro atoms. The van der Waals surface area contributed by atoms with Gasteiger partial charge in [0.15, 0.2) is 0 Å². The normalized spacial score (nSPS) is 40.0. The molecule has 1 atom stereocenters. The Morgan fingerprint density at radius 1 is 0.950 bits per heavy atom. The number of rotatable bonds is 2. The van der Waals surface area contributed by atoms with Crippen LogP contribution in [0.2, 0.25) is 0 Å². The van der Waals surface area contributed by atoms with Crippen LogP contribution in [0.1, 0.15) is 54.8 Å². The van der Waals surface area contributed by atoms with Crippen LogP contribution in [0.3, 0.4) is 0 Å². The molecule has 0 heterocycles. The largest absolute Gasteiger partial charge is 0.324 e. The zero-order valence-electron chi connectivity index (χ0n) is 12.8. The summed E-state index contributed by atoms with van der Waals surface area (Å²) in [4.78, 5) is 0. The Bertz CT molecular complexity index is 490. The molecule has 5 rings (SSSR count). The van der Waals surface area contributed by atoms with E-state index >= 15 is 0 Å². The molecule has 20 heavy (non-hydrogen) atoms. The van der Waals surface area contributed by atoms with Gasteiger partial charge >= 0.3 is 0 Å². The minimum atomic E-state index is 0.268. The van der Waals surface area contributed by atoms with Gasteiger partial charge in [0, 0.05) is 6.04 Å². The Morgan fingerprint density at radius 3 is 2.15 bits per heavy atom. The minimum Gasteiger partial charge on any atom is -0.324 e. The number of hydrogen-bond donors (Lipinski definition) is 1. The summed E-state index contributed by atoms with van der Waals surface area (Å²) in [6.45, 7) is 4.46. The van der Waals surface area contributed by atoms with E-state index in [1.54, 1.807) is 0 Å². The molecular weight excluding hydrogens is 242 g/mol. The molecule has 0 aromatic heterocycles. The molecule has 0 aliphatic heterocycles. The molecule has 1 heteroatoms. The summed E-state index contributed by atoms with van der Waals surface area (Å²) in [5, 5.41) is 0. The van der Waals surface area contributed by atoms with Crippen LogP contribution in [-0.2, 0) is 0 Å². The van der Waals surface area contributed by atoms with Gasteiger partial charge in [-0.15, -0.1) is 0 Å². The van der Waals surface area contributed by atoms with Crippen LogP contribution >= 0.6 is 0 Å². The molecule has 108 valence electrons. The summed E-state index contributed by atoms with van der Waals surface area (Å²) in [6.07, 6.45) is 7.40. The highest BCUT2D eigenvalue weighted by Crippen LogP contribution is 2.59. The Kier molecular flexibility index (Phi) is 2.96. The van der Waals surface area contributed by atoms with Crippen LogP contribution < -0.4 is 5.73 Å². The van der Waals surface area contributed by atoms with Crippen molar-refractivity contribution in [2.24, 2.45) is 35.3 Å². The highest BCUT2D eigenvalue weighted by atomic mass is 14.7. The first-order chi connectivity index (χ1) is 9.63. The van der Waals surface area contributed by atoms with Crippen molar-refractivity contribution in [2.75, 3.05) is 0 Å². The summed E-state index contributed by atoms with van der Waals surface area (Å²) in [5.74, 6) is 4.67.